The lowest BCUT2D eigenvalue weighted by Gasteiger charge is -2.47. The highest BCUT2D eigenvalue weighted by Gasteiger charge is 2.68. The van der Waals surface area contributed by atoms with E-state index >= 15 is 0 Å². The molecule has 0 amide bonds. The number of ether oxygens (including phenoxy) is 8. The number of aliphatic hydroxyl groups is 2. The monoisotopic (exact) mass is 730 g/mol. The average Bonchev–Trinajstić information content (AvgIpc) is 3.68. The lowest BCUT2D eigenvalue weighted by atomic mass is 9.69. The van der Waals surface area contributed by atoms with Gasteiger partial charge in [-0.05, 0) is 75.5 Å². The lowest BCUT2D eigenvalue weighted by Crippen LogP contribution is -2.61. The number of carbonyl (C=O) groups is 1. The van der Waals surface area contributed by atoms with E-state index in [0.29, 0.717) is 37.7 Å². The van der Waals surface area contributed by atoms with Crippen LogP contribution in [0, 0.1) is 23.7 Å². The van der Waals surface area contributed by atoms with E-state index in [4.69, 9.17) is 37.9 Å². The zero-order valence-electron chi connectivity index (χ0n) is 31.2. The van der Waals surface area contributed by atoms with Gasteiger partial charge in [-0.1, -0.05) is 25.2 Å². The quantitative estimate of drug-likeness (QED) is 0.373. The van der Waals surface area contributed by atoms with Crippen LogP contribution in [0.4, 0.5) is 0 Å². The Kier molecular flexibility index (Phi) is 11.4. The van der Waals surface area contributed by atoms with Crippen molar-refractivity contribution < 1.29 is 52.9 Å². The standard InChI is InChI=1S/C41H62O11/c1-5-7-28-11-12-41-20-34-37(51-41)38-39(50-34)40(52-41)36-31(49-38)10-9-29(47-36)17-26(43)18-30-32(48-33(35(30)45-4)19-27(44)21-42)16-25-15-24(8-6-13-46-28)14-22(2)23(25)3/h5,22,24-25,27-40,42,44H,1,3,6-21H2,2,4H3. The van der Waals surface area contributed by atoms with Gasteiger partial charge in [0.1, 0.15) is 36.3 Å². The second-order valence-corrected chi connectivity index (χ2v) is 17.4. The number of hydrogen-bond acceptors (Lipinski definition) is 11. The zero-order valence-corrected chi connectivity index (χ0v) is 31.2. The largest absolute Gasteiger partial charge is 0.394 e. The van der Waals surface area contributed by atoms with Crippen LogP contribution in [-0.2, 0) is 42.7 Å². The summed E-state index contributed by atoms with van der Waals surface area (Å²) in [7, 11) is 1.66. The van der Waals surface area contributed by atoms with Gasteiger partial charge in [0.05, 0.1) is 55.4 Å². The van der Waals surface area contributed by atoms with Gasteiger partial charge in [-0.25, -0.2) is 0 Å². The number of rotatable bonds is 6. The molecule has 52 heavy (non-hydrogen) atoms. The number of allylic oxidation sites excluding steroid dienone is 1. The fourth-order valence-corrected chi connectivity index (χ4v) is 11.4. The number of ketones is 1. The van der Waals surface area contributed by atoms with Crippen molar-refractivity contribution in [2.75, 3.05) is 20.3 Å². The molecule has 1 spiro atoms. The van der Waals surface area contributed by atoms with E-state index in [0.717, 1.165) is 57.8 Å². The van der Waals surface area contributed by atoms with E-state index in [9.17, 15) is 15.0 Å². The van der Waals surface area contributed by atoms with Gasteiger partial charge in [0.25, 0.3) is 0 Å². The highest BCUT2D eigenvalue weighted by Crippen LogP contribution is 2.54. The van der Waals surface area contributed by atoms with E-state index in [2.05, 4.69) is 20.1 Å². The van der Waals surface area contributed by atoms with Crippen LogP contribution in [0.2, 0.25) is 0 Å². The number of methoxy groups -OCH3 is 1. The molecule has 0 aromatic carbocycles. The molecule has 9 fully saturated rings. The second kappa shape index (κ2) is 15.7. The van der Waals surface area contributed by atoms with Crippen molar-refractivity contribution in [1.29, 1.82) is 0 Å². The SMILES string of the molecule is C=CCC1CCC23CC4OC5C(OC6CCC(CC(=O)CC7C(CC8CC(CCCO1)CC(C)C8=C)OC(CC(O)CO)C7OC)OC6C5O2)C4O3. The van der Waals surface area contributed by atoms with Gasteiger partial charge < -0.3 is 48.1 Å². The van der Waals surface area contributed by atoms with Crippen molar-refractivity contribution in [1.82, 2.24) is 0 Å². The first-order chi connectivity index (χ1) is 25.2. The van der Waals surface area contributed by atoms with E-state index in [1.165, 1.54) is 5.57 Å². The molecule has 18 atom stereocenters. The van der Waals surface area contributed by atoms with Crippen LogP contribution in [-0.4, -0.2) is 121 Å². The third-order valence-electron chi connectivity index (χ3n) is 13.9. The van der Waals surface area contributed by atoms with E-state index in [1.807, 2.05) is 6.08 Å². The number of carbonyl (C=O) groups excluding carboxylic acids is 1. The van der Waals surface area contributed by atoms with Crippen LogP contribution in [0.15, 0.2) is 24.8 Å². The molecule has 9 aliphatic rings. The third-order valence-corrected chi connectivity index (χ3v) is 13.9. The summed E-state index contributed by atoms with van der Waals surface area (Å²) < 4.78 is 53.1. The summed E-state index contributed by atoms with van der Waals surface area (Å²) in [5.41, 5.74) is 1.26. The summed E-state index contributed by atoms with van der Waals surface area (Å²) in [6, 6.07) is 0. The van der Waals surface area contributed by atoms with E-state index < -0.39 is 18.0 Å². The molecular weight excluding hydrogens is 668 g/mol. The smallest absolute Gasteiger partial charge is 0.172 e. The van der Waals surface area contributed by atoms with Crippen molar-refractivity contribution in [3.8, 4) is 0 Å². The molecule has 1 aliphatic carbocycles. The number of fused-ring (bicyclic) bond motifs is 4. The lowest BCUT2D eigenvalue weighted by molar-refractivity contribution is -0.292. The molecule has 8 saturated heterocycles. The molecule has 1 saturated carbocycles. The number of aliphatic hydroxyl groups excluding tert-OH is 2. The average molecular weight is 731 g/mol. The maximum absolute atomic E-state index is 14.1. The predicted octanol–water partition coefficient (Wildman–Crippen LogP) is 4.59. The van der Waals surface area contributed by atoms with Crippen LogP contribution < -0.4 is 0 Å². The predicted molar refractivity (Wildman–Crippen MR) is 189 cm³/mol. The summed E-state index contributed by atoms with van der Waals surface area (Å²) in [6.45, 7) is 11.2. The minimum Gasteiger partial charge on any atom is -0.394 e. The Morgan fingerprint density at radius 3 is 2.56 bits per heavy atom. The van der Waals surface area contributed by atoms with Crippen molar-refractivity contribution in [2.45, 2.75) is 182 Å². The summed E-state index contributed by atoms with van der Waals surface area (Å²) >= 11 is 0. The Labute approximate surface area is 309 Å². The Balaban J connectivity index is 1.05. The van der Waals surface area contributed by atoms with Crippen LogP contribution in [0.3, 0.4) is 0 Å². The van der Waals surface area contributed by atoms with E-state index in [1.54, 1.807) is 7.11 Å². The van der Waals surface area contributed by atoms with E-state index in [-0.39, 0.29) is 104 Å². The maximum atomic E-state index is 14.1. The van der Waals surface area contributed by atoms with Crippen LogP contribution in [0.1, 0.15) is 96.8 Å². The van der Waals surface area contributed by atoms with Gasteiger partial charge in [-0.2, -0.15) is 0 Å². The molecule has 0 aromatic rings. The topological polar surface area (TPSA) is 131 Å². The molecule has 8 heterocycles. The molecule has 11 nitrogen and oxygen atoms in total. The summed E-state index contributed by atoms with van der Waals surface area (Å²) in [6.07, 6.45) is 8.53. The Bertz CT molecular complexity index is 1290. The van der Waals surface area contributed by atoms with Crippen molar-refractivity contribution in [2.24, 2.45) is 23.7 Å². The minimum absolute atomic E-state index is 0.0279. The number of hydrogen-bond donors (Lipinski definition) is 2. The summed E-state index contributed by atoms with van der Waals surface area (Å²) in [5, 5.41) is 20.1. The van der Waals surface area contributed by atoms with Gasteiger partial charge in [-0.15, -0.1) is 6.58 Å². The van der Waals surface area contributed by atoms with Crippen LogP contribution >= 0.6 is 0 Å². The first-order valence-electron chi connectivity index (χ1n) is 20.4. The first kappa shape index (κ1) is 37.7. The van der Waals surface area contributed by atoms with Gasteiger partial charge >= 0.3 is 0 Å². The highest BCUT2D eigenvalue weighted by molar-refractivity contribution is 5.79. The van der Waals surface area contributed by atoms with Gasteiger partial charge in [0, 0.05) is 51.7 Å². The molecule has 292 valence electrons. The third kappa shape index (κ3) is 7.38. The molecule has 2 N–H and O–H groups in total. The normalized spacial score (nSPS) is 50.0. The molecule has 8 aliphatic heterocycles. The first-order valence-corrected chi connectivity index (χ1v) is 20.4. The van der Waals surface area contributed by atoms with Crippen LogP contribution in [0.25, 0.3) is 0 Å². The molecular formula is C41H62O11. The Morgan fingerprint density at radius 2 is 1.75 bits per heavy atom. The van der Waals surface area contributed by atoms with Crippen molar-refractivity contribution in [3.63, 3.8) is 0 Å². The Hall–Kier alpha value is -1.25. The van der Waals surface area contributed by atoms with Gasteiger partial charge in [0.2, 0.25) is 0 Å². The molecule has 0 radical (unpaired) electrons. The maximum Gasteiger partial charge on any atom is 0.172 e. The van der Waals surface area contributed by atoms with Gasteiger partial charge in [0.15, 0.2) is 5.79 Å². The molecule has 10 bridgehead atoms. The Morgan fingerprint density at radius 1 is 0.942 bits per heavy atom. The fraction of sp³-hybridized carbons (Fsp3) is 0.878. The number of Topliss-reactive ketones (excluding diaryl/α,β-unsaturated/α-hetero) is 1. The molecule has 0 aromatic heterocycles. The summed E-state index contributed by atoms with van der Waals surface area (Å²) in [4.78, 5) is 14.1. The second-order valence-electron chi connectivity index (χ2n) is 17.4. The highest BCUT2D eigenvalue weighted by atomic mass is 16.8. The van der Waals surface area contributed by atoms with Crippen LogP contribution in [0.5, 0.6) is 0 Å². The molecule has 18 unspecified atom stereocenters. The molecule has 9 rings (SSSR count). The van der Waals surface area contributed by atoms with Gasteiger partial charge in [-0.3, -0.25) is 4.79 Å². The van der Waals surface area contributed by atoms with Crippen molar-refractivity contribution in [3.05, 3.63) is 24.8 Å². The minimum atomic E-state index is -0.919. The van der Waals surface area contributed by atoms with Crippen molar-refractivity contribution >= 4 is 5.78 Å². The zero-order chi connectivity index (χ0) is 36.1. The molecule has 11 heteroatoms. The fourth-order valence-electron chi connectivity index (χ4n) is 11.4. The summed E-state index contributed by atoms with van der Waals surface area (Å²) in [5.74, 6) is 0.366.